The average molecular weight is 427 g/mol. The molecule has 1 amide bonds. The van der Waals surface area contributed by atoms with Gasteiger partial charge in [-0.25, -0.2) is 13.1 Å². The van der Waals surface area contributed by atoms with Gasteiger partial charge in [-0.15, -0.1) is 10.2 Å². The van der Waals surface area contributed by atoms with Crippen molar-refractivity contribution in [3.63, 3.8) is 0 Å². The van der Waals surface area contributed by atoms with E-state index in [0.29, 0.717) is 25.9 Å². The first kappa shape index (κ1) is 19.8. The highest BCUT2D eigenvalue weighted by atomic mass is 32.2. The molecule has 1 aromatic rings. The Morgan fingerprint density at radius 2 is 1.86 bits per heavy atom. The number of amides is 1. The van der Waals surface area contributed by atoms with Crippen LogP contribution in [0.25, 0.3) is 0 Å². The minimum absolute atomic E-state index is 0.213. The van der Waals surface area contributed by atoms with Crippen molar-refractivity contribution in [2.24, 2.45) is 27.5 Å². The number of nitriles is 1. The smallest absolute Gasteiger partial charge is 0.315 e. The van der Waals surface area contributed by atoms with Gasteiger partial charge in [0.25, 0.3) is 10.0 Å². The Balaban J connectivity index is 1.42. The zero-order valence-corrected chi connectivity index (χ0v) is 15.7. The van der Waals surface area contributed by atoms with Crippen LogP contribution in [0, 0.1) is 28.6 Å². The summed E-state index contributed by atoms with van der Waals surface area (Å²) < 4.78 is 65.9. The van der Waals surface area contributed by atoms with Gasteiger partial charge >= 0.3 is 11.8 Å². The van der Waals surface area contributed by atoms with Crippen LogP contribution in [0.15, 0.2) is 39.4 Å². The summed E-state index contributed by atoms with van der Waals surface area (Å²) in [6.45, 7) is 1.16. The number of carbonyl (C=O) groups is 1. The second-order valence-electron chi connectivity index (χ2n) is 7.64. The zero-order chi connectivity index (χ0) is 21.1. The third-order valence-electron chi connectivity index (χ3n) is 5.89. The Morgan fingerprint density at radius 1 is 1.24 bits per heavy atom. The molecule has 1 aromatic carbocycles. The van der Waals surface area contributed by atoms with Gasteiger partial charge in [-0.05, 0) is 25.0 Å². The lowest BCUT2D eigenvalue weighted by molar-refractivity contribution is -0.166. The van der Waals surface area contributed by atoms with Crippen LogP contribution in [0.3, 0.4) is 0 Å². The highest BCUT2D eigenvalue weighted by molar-refractivity contribution is 7.90. The van der Waals surface area contributed by atoms with Crippen molar-refractivity contribution in [3.05, 3.63) is 29.8 Å². The average Bonchev–Trinajstić information content (AvgIpc) is 3.33. The Kier molecular flexibility index (Phi) is 4.25. The molecule has 0 radical (unpaired) electrons. The number of hydrogen-bond acceptors (Lipinski definition) is 7. The molecular formula is C17H16F3N5O3S. The first-order chi connectivity index (χ1) is 13.5. The number of nitrogens with zero attached hydrogens (tertiary/aromatic N) is 3. The number of sulfonamides is 1. The number of nitrogens with one attached hydrogen (secondary N) is 2. The van der Waals surface area contributed by atoms with Crippen molar-refractivity contribution in [1.29, 1.82) is 5.26 Å². The van der Waals surface area contributed by atoms with Gasteiger partial charge < -0.3 is 5.32 Å². The molecule has 2 heterocycles. The molecular weight excluding hydrogens is 411 g/mol. The second kappa shape index (κ2) is 6.24. The number of hydrogen-bond donors (Lipinski definition) is 2. The van der Waals surface area contributed by atoms with E-state index in [-0.39, 0.29) is 21.8 Å². The molecule has 2 fully saturated rings. The monoisotopic (exact) mass is 427 g/mol. The Morgan fingerprint density at radius 3 is 2.38 bits per heavy atom. The molecule has 0 bridgehead atoms. The predicted molar refractivity (Wildman–Crippen MR) is 91.5 cm³/mol. The van der Waals surface area contributed by atoms with E-state index in [1.807, 2.05) is 4.72 Å². The third-order valence-corrected chi connectivity index (χ3v) is 7.26. The summed E-state index contributed by atoms with van der Waals surface area (Å²) in [7, 11) is -4.23. The van der Waals surface area contributed by atoms with Gasteiger partial charge in [0.2, 0.25) is 5.91 Å². The van der Waals surface area contributed by atoms with Crippen LogP contribution in [0.1, 0.15) is 18.4 Å². The third kappa shape index (κ3) is 3.08. The highest BCUT2D eigenvalue weighted by Gasteiger charge is 2.65. The van der Waals surface area contributed by atoms with Crippen LogP contribution in [0.5, 0.6) is 0 Å². The normalized spacial score (nSPS) is 29.9. The van der Waals surface area contributed by atoms with E-state index in [4.69, 9.17) is 0 Å². The minimum atomic E-state index is -4.71. The first-order valence-corrected chi connectivity index (χ1v) is 10.3. The molecule has 1 atom stereocenters. The fraction of sp³-hybridized carbons (Fsp3) is 0.529. The van der Waals surface area contributed by atoms with Gasteiger partial charge in [0, 0.05) is 30.0 Å². The number of benzene rings is 1. The van der Waals surface area contributed by atoms with Crippen molar-refractivity contribution in [2.75, 3.05) is 13.1 Å². The summed E-state index contributed by atoms with van der Waals surface area (Å²) >= 11 is 0. The van der Waals surface area contributed by atoms with E-state index in [0.717, 1.165) is 24.3 Å². The summed E-state index contributed by atoms with van der Waals surface area (Å²) in [6, 6.07) is 6.14. The largest absolute Gasteiger partial charge is 0.442 e. The summed E-state index contributed by atoms with van der Waals surface area (Å²) in [5.74, 6) is -1.42. The lowest BCUT2D eigenvalue weighted by Crippen LogP contribution is -2.50. The maximum Gasteiger partial charge on any atom is 0.442 e. The summed E-state index contributed by atoms with van der Waals surface area (Å²) in [5, 5.41) is 18.4. The first-order valence-electron chi connectivity index (χ1n) is 8.81. The molecule has 1 saturated heterocycles. The van der Waals surface area contributed by atoms with Crippen LogP contribution >= 0.6 is 0 Å². The molecule has 2 aliphatic heterocycles. The van der Waals surface area contributed by atoms with Crippen LogP contribution in [0.2, 0.25) is 0 Å². The molecule has 29 heavy (non-hydrogen) atoms. The molecule has 1 aliphatic carbocycles. The molecule has 3 aliphatic rings. The van der Waals surface area contributed by atoms with Crippen molar-refractivity contribution in [3.8, 4) is 6.07 Å². The fourth-order valence-electron chi connectivity index (χ4n) is 4.11. The van der Waals surface area contributed by atoms with Crippen molar-refractivity contribution >= 4 is 15.9 Å². The Bertz CT molecular complexity index is 1020. The van der Waals surface area contributed by atoms with Gasteiger partial charge in [-0.3, -0.25) is 4.79 Å². The number of halogens is 3. The van der Waals surface area contributed by atoms with Crippen molar-refractivity contribution in [1.82, 2.24) is 10.0 Å². The van der Waals surface area contributed by atoms with E-state index >= 15 is 0 Å². The molecule has 4 rings (SSSR count). The summed E-state index contributed by atoms with van der Waals surface area (Å²) in [4.78, 5) is 12.0. The molecule has 1 saturated carbocycles. The van der Waals surface area contributed by atoms with Crippen LogP contribution < -0.4 is 10.0 Å². The van der Waals surface area contributed by atoms with Crippen molar-refractivity contribution < 1.29 is 26.4 Å². The van der Waals surface area contributed by atoms with Crippen molar-refractivity contribution in [2.45, 2.75) is 29.6 Å². The second-order valence-corrected chi connectivity index (χ2v) is 9.33. The maximum absolute atomic E-state index is 13.0. The fourth-order valence-corrected chi connectivity index (χ4v) is 5.15. The van der Waals surface area contributed by atoms with Crippen LogP contribution in [-0.4, -0.2) is 33.6 Å². The summed E-state index contributed by atoms with van der Waals surface area (Å²) in [6.07, 6.45) is -3.89. The lowest BCUT2D eigenvalue weighted by atomic mass is 9.57. The Labute approximate surface area is 164 Å². The number of rotatable bonds is 4. The highest BCUT2D eigenvalue weighted by Crippen LogP contribution is 2.53. The van der Waals surface area contributed by atoms with Gasteiger partial charge in [0.1, 0.15) is 0 Å². The lowest BCUT2D eigenvalue weighted by Gasteiger charge is -2.45. The topological polar surface area (TPSA) is 124 Å². The van der Waals surface area contributed by atoms with Gasteiger partial charge in [-0.1, -0.05) is 12.1 Å². The van der Waals surface area contributed by atoms with E-state index in [1.165, 1.54) is 0 Å². The summed E-state index contributed by atoms with van der Waals surface area (Å²) in [5.41, 5.74) is -3.23. The molecule has 2 N–H and O–H groups in total. The molecule has 8 nitrogen and oxygen atoms in total. The predicted octanol–water partition coefficient (Wildman–Crippen LogP) is 1.81. The van der Waals surface area contributed by atoms with E-state index < -0.39 is 33.7 Å². The SMILES string of the molecule is N#CC1CNCC12CC(C(=O)NS(=O)(=O)c1ccc(C3(C(F)(F)F)N=N3)cc1)C2. The minimum Gasteiger partial charge on any atom is -0.315 e. The number of carbonyl (C=O) groups excluding carboxylic acids is 1. The Hall–Kier alpha value is -2.52. The van der Waals surface area contributed by atoms with E-state index in [1.54, 1.807) is 0 Å². The quantitative estimate of drug-likeness (QED) is 0.759. The van der Waals surface area contributed by atoms with Gasteiger partial charge in [0.15, 0.2) is 0 Å². The number of alkyl halides is 3. The molecule has 1 spiro atoms. The maximum atomic E-state index is 13.0. The molecule has 1 unspecified atom stereocenters. The van der Waals surface area contributed by atoms with Crippen LogP contribution in [-0.2, 0) is 20.5 Å². The van der Waals surface area contributed by atoms with E-state index in [2.05, 4.69) is 21.6 Å². The molecule has 0 aromatic heterocycles. The molecule has 12 heteroatoms. The van der Waals surface area contributed by atoms with Gasteiger partial charge in [0.05, 0.1) is 16.9 Å². The van der Waals surface area contributed by atoms with Gasteiger partial charge in [-0.2, -0.15) is 18.4 Å². The molecule has 154 valence electrons. The van der Waals surface area contributed by atoms with E-state index in [9.17, 15) is 31.6 Å². The zero-order valence-electron chi connectivity index (χ0n) is 14.9. The standard InChI is InChI=1S/C17H16F3N5O3S/c18-17(19,20)16(24-25-16)11-1-3-13(4-2-11)29(27,28)23-14(26)10-5-15(6-10)9-22-8-12(15)7-21/h1-4,10,12,22H,5-6,8-9H2,(H,23,26). The van der Waals surface area contributed by atoms with Crippen LogP contribution in [0.4, 0.5) is 13.2 Å².